The third-order valence-electron chi connectivity index (χ3n) is 3.76. The van der Waals surface area contributed by atoms with E-state index in [2.05, 4.69) is 35.0 Å². The highest BCUT2D eigenvalue weighted by Gasteiger charge is 2.27. The van der Waals surface area contributed by atoms with Gasteiger partial charge in [-0.25, -0.2) is 0 Å². The van der Waals surface area contributed by atoms with Crippen molar-refractivity contribution in [3.05, 3.63) is 23.7 Å². The summed E-state index contributed by atoms with van der Waals surface area (Å²) in [5.41, 5.74) is 3.35. The summed E-state index contributed by atoms with van der Waals surface area (Å²) in [4.78, 5) is 0. The normalized spacial score (nSPS) is 14.7. The maximum atomic E-state index is 5.27. The molecule has 0 spiro atoms. The van der Waals surface area contributed by atoms with Crippen LogP contribution in [0.4, 0.5) is 5.69 Å². The molecule has 0 unspecified atom stereocenters. The molecule has 1 N–H and O–H groups in total. The van der Waals surface area contributed by atoms with Crippen LogP contribution in [0, 0.1) is 0 Å². The van der Waals surface area contributed by atoms with Crippen molar-refractivity contribution in [3.8, 4) is 5.88 Å². The number of hydrogen-bond donors (Lipinski definition) is 1. The van der Waals surface area contributed by atoms with E-state index in [1.807, 2.05) is 13.2 Å². The van der Waals surface area contributed by atoms with Crippen LogP contribution < -0.4 is 10.1 Å². The average molecular weight is 289 g/mol. The Kier molecular flexibility index (Phi) is 3.61. The molecule has 0 aliphatic heterocycles. The van der Waals surface area contributed by atoms with Crippen molar-refractivity contribution < 1.29 is 4.74 Å². The van der Waals surface area contributed by atoms with Crippen LogP contribution in [0.2, 0.25) is 0 Å². The first-order valence-electron chi connectivity index (χ1n) is 7.48. The van der Waals surface area contributed by atoms with E-state index in [1.165, 1.54) is 24.2 Å². The summed E-state index contributed by atoms with van der Waals surface area (Å²) in [5.74, 6) is 1.30. The third-order valence-corrected chi connectivity index (χ3v) is 3.76. The van der Waals surface area contributed by atoms with Crippen LogP contribution in [-0.4, -0.2) is 26.7 Å². The monoisotopic (exact) mass is 289 g/mol. The van der Waals surface area contributed by atoms with Crippen molar-refractivity contribution >= 4 is 5.69 Å². The van der Waals surface area contributed by atoms with Crippen LogP contribution in [0.15, 0.2) is 12.3 Å². The van der Waals surface area contributed by atoms with Gasteiger partial charge in [-0.15, -0.1) is 5.10 Å². The number of methoxy groups -OCH3 is 1. The fourth-order valence-electron chi connectivity index (χ4n) is 2.54. The highest BCUT2D eigenvalue weighted by molar-refractivity contribution is 5.51. The van der Waals surface area contributed by atoms with Gasteiger partial charge in [-0.3, -0.25) is 9.36 Å². The molecule has 1 aliphatic rings. The highest BCUT2D eigenvalue weighted by Crippen LogP contribution is 2.39. The molecule has 21 heavy (non-hydrogen) atoms. The highest BCUT2D eigenvalue weighted by atomic mass is 16.5. The van der Waals surface area contributed by atoms with E-state index >= 15 is 0 Å². The lowest BCUT2D eigenvalue weighted by molar-refractivity contribution is 0.393. The van der Waals surface area contributed by atoms with Gasteiger partial charge in [0.1, 0.15) is 5.69 Å². The maximum Gasteiger partial charge on any atom is 0.256 e. The lowest BCUT2D eigenvalue weighted by Gasteiger charge is -2.11. The molecule has 0 amide bonds. The van der Waals surface area contributed by atoms with Crippen LogP contribution in [0.1, 0.15) is 50.0 Å². The van der Waals surface area contributed by atoms with Gasteiger partial charge in [-0.1, -0.05) is 0 Å². The average Bonchev–Trinajstić information content (AvgIpc) is 3.10. The van der Waals surface area contributed by atoms with E-state index in [0.717, 1.165) is 12.2 Å². The third kappa shape index (κ3) is 2.89. The van der Waals surface area contributed by atoms with Gasteiger partial charge < -0.3 is 10.1 Å². The van der Waals surface area contributed by atoms with E-state index in [1.54, 1.807) is 11.8 Å². The molecular weight excluding hydrogens is 266 g/mol. The first-order chi connectivity index (χ1) is 10.1. The van der Waals surface area contributed by atoms with Crippen molar-refractivity contribution in [2.75, 3.05) is 12.4 Å². The summed E-state index contributed by atoms with van der Waals surface area (Å²) < 4.78 is 9.13. The molecule has 2 aromatic heterocycles. The molecule has 1 saturated carbocycles. The number of nitrogens with zero attached hydrogens (tertiary/aromatic N) is 4. The summed E-state index contributed by atoms with van der Waals surface area (Å²) in [7, 11) is 3.52. The van der Waals surface area contributed by atoms with E-state index < -0.39 is 0 Å². The zero-order valence-electron chi connectivity index (χ0n) is 13.1. The Hall–Kier alpha value is -1.98. The zero-order valence-corrected chi connectivity index (χ0v) is 13.1. The Morgan fingerprint density at radius 1 is 1.38 bits per heavy atom. The van der Waals surface area contributed by atoms with Gasteiger partial charge in [-0.2, -0.15) is 5.10 Å². The second kappa shape index (κ2) is 5.42. The number of aryl methyl sites for hydroxylation is 1. The molecule has 6 heteroatoms. The van der Waals surface area contributed by atoms with Gasteiger partial charge in [0.25, 0.3) is 5.88 Å². The van der Waals surface area contributed by atoms with Gasteiger partial charge in [0.2, 0.25) is 0 Å². The fraction of sp³-hybridized carbons (Fsp3) is 0.600. The minimum Gasteiger partial charge on any atom is -0.478 e. The molecule has 0 radical (unpaired) electrons. The molecule has 2 aromatic rings. The molecule has 2 heterocycles. The summed E-state index contributed by atoms with van der Waals surface area (Å²) in [5, 5.41) is 12.4. The van der Waals surface area contributed by atoms with Gasteiger partial charge >= 0.3 is 0 Å². The number of nitrogens with one attached hydrogen (secondary N) is 1. The molecule has 0 aromatic carbocycles. The molecule has 0 bridgehead atoms. The first-order valence-corrected chi connectivity index (χ1v) is 7.48. The van der Waals surface area contributed by atoms with E-state index in [9.17, 15) is 0 Å². The van der Waals surface area contributed by atoms with Gasteiger partial charge in [0.05, 0.1) is 31.2 Å². The molecule has 3 rings (SSSR count). The van der Waals surface area contributed by atoms with Crippen LogP contribution in [0.25, 0.3) is 0 Å². The van der Waals surface area contributed by atoms with Crippen molar-refractivity contribution in [1.29, 1.82) is 0 Å². The number of rotatable bonds is 6. The Balaban J connectivity index is 1.77. The van der Waals surface area contributed by atoms with Gasteiger partial charge in [-0.05, 0) is 32.8 Å². The number of hydrogen-bond acceptors (Lipinski definition) is 4. The fourth-order valence-corrected chi connectivity index (χ4v) is 2.54. The van der Waals surface area contributed by atoms with Crippen molar-refractivity contribution in [3.63, 3.8) is 0 Å². The topological polar surface area (TPSA) is 56.9 Å². The molecule has 0 atom stereocenters. The smallest absolute Gasteiger partial charge is 0.256 e. The number of aromatic nitrogens is 4. The lowest BCUT2D eigenvalue weighted by atomic mass is 10.2. The summed E-state index contributed by atoms with van der Waals surface area (Å²) in [6.07, 6.45) is 4.48. The van der Waals surface area contributed by atoms with Gasteiger partial charge in [0, 0.05) is 19.0 Å². The summed E-state index contributed by atoms with van der Waals surface area (Å²) >= 11 is 0. The maximum absolute atomic E-state index is 5.27. The Bertz CT molecular complexity index is 624. The van der Waals surface area contributed by atoms with Crippen LogP contribution in [0.3, 0.4) is 0 Å². The van der Waals surface area contributed by atoms with Crippen molar-refractivity contribution in [2.45, 2.75) is 45.2 Å². The van der Waals surface area contributed by atoms with Crippen LogP contribution in [0.5, 0.6) is 5.88 Å². The SMILES string of the molecule is COc1nn(C)cc1NCc1cc(C2CC2)nn1C(C)C. The standard InChI is InChI=1S/C15H23N5O/c1-10(2)20-12(7-13(17-20)11-5-6-11)8-16-14-9-19(3)18-15(14)21-4/h7,9-11,16H,5-6,8H2,1-4H3. The number of anilines is 1. The summed E-state index contributed by atoms with van der Waals surface area (Å²) in [6.45, 7) is 5.05. The summed E-state index contributed by atoms with van der Waals surface area (Å²) in [6, 6.07) is 2.60. The van der Waals surface area contributed by atoms with Crippen molar-refractivity contribution in [1.82, 2.24) is 19.6 Å². The largest absolute Gasteiger partial charge is 0.478 e. The molecule has 1 fully saturated rings. The predicted molar refractivity (Wildman–Crippen MR) is 81.7 cm³/mol. The van der Waals surface area contributed by atoms with E-state index in [-0.39, 0.29) is 0 Å². The first kappa shape index (κ1) is 14.0. The minimum absolute atomic E-state index is 0.366. The molecule has 6 nitrogen and oxygen atoms in total. The van der Waals surface area contributed by atoms with Crippen LogP contribution >= 0.6 is 0 Å². The minimum atomic E-state index is 0.366. The van der Waals surface area contributed by atoms with Gasteiger partial charge in [0.15, 0.2) is 0 Å². The van der Waals surface area contributed by atoms with E-state index in [0.29, 0.717) is 17.8 Å². The molecular formula is C15H23N5O. The van der Waals surface area contributed by atoms with Crippen molar-refractivity contribution in [2.24, 2.45) is 7.05 Å². The Morgan fingerprint density at radius 2 is 2.14 bits per heavy atom. The Labute approximate surface area is 125 Å². The predicted octanol–water partition coefficient (Wildman–Crippen LogP) is 2.70. The Morgan fingerprint density at radius 3 is 2.76 bits per heavy atom. The second-order valence-electron chi connectivity index (χ2n) is 5.95. The lowest BCUT2D eigenvalue weighted by Crippen LogP contribution is -2.11. The molecule has 114 valence electrons. The molecule has 1 aliphatic carbocycles. The quantitative estimate of drug-likeness (QED) is 0.888. The second-order valence-corrected chi connectivity index (χ2v) is 5.95. The van der Waals surface area contributed by atoms with Crippen LogP contribution in [-0.2, 0) is 13.6 Å². The number of ether oxygens (including phenoxy) is 1. The molecule has 0 saturated heterocycles. The van der Waals surface area contributed by atoms with E-state index in [4.69, 9.17) is 9.84 Å². The zero-order chi connectivity index (χ0) is 15.0.